The van der Waals surface area contributed by atoms with Crippen molar-refractivity contribution >= 4 is 0 Å². The van der Waals surface area contributed by atoms with Crippen molar-refractivity contribution in [2.45, 2.75) is 64.5 Å². The molecule has 3 heteroatoms. The molecule has 0 heterocycles. The Balaban J connectivity index is 2.55. The molecule has 2 unspecified atom stereocenters. The summed E-state index contributed by atoms with van der Waals surface area (Å²) < 4.78 is 0. The van der Waals surface area contributed by atoms with Gasteiger partial charge in [-0.2, -0.15) is 5.26 Å². The first kappa shape index (κ1) is 15.5. The molecule has 0 aromatic carbocycles. The third kappa shape index (κ3) is 3.96. The van der Waals surface area contributed by atoms with E-state index in [2.05, 4.69) is 44.1 Å². The van der Waals surface area contributed by atoms with Gasteiger partial charge in [-0.3, -0.25) is 5.32 Å². The predicted molar refractivity (Wildman–Crippen MR) is 76.4 cm³/mol. The number of nitrogens with zero attached hydrogens (tertiary/aromatic N) is 2. The molecule has 3 nitrogen and oxygen atoms in total. The molecule has 0 aromatic rings. The number of nitrogens with one attached hydrogen (secondary N) is 1. The number of hydrogen-bond donors (Lipinski definition) is 1. The van der Waals surface area contributed by atoms with Crippen LogP contribution in [0.15, 0.2) is 0 Å². The summed E-state index contributed by atoms with van der Waals surface area (Å²) in [4.78, 5) is 2.38. The van der Waals surface area contributed by atoms with Crippen LogP contribution in [0.4, 0.5) is 0 Å². The fourth-order valence-corrected chi connectivity index (χ4v) is 3.22. The van der Waals surface area contributed by atoms with Gasteiger partial charge in [-0.05, 0) is 65.6 Å². The van der Waals surface area contributed by atoms with E-state index in [1.807, 2.05) is 0 Å². The smallest absolute Gasteiger partial charge is 0.109 e. The Morgan fingerprint density at radius 3 is 2.72 bits per heavy atom. The molecule has 0 aromatic heterocycles. The molecule has 0 bridgehead atoms. The number of hydrogen-bond acceptors (Lipinski definition) is 3. The standard InChI is InChI=1S/C15H29N3/c1-5-10-18(4)11-8-14-7-6-9-15(14,12-16)17-13(2)3/h13-14,17H,5-11H2,1-4H3. The molecule has 1 aliphatic rings. The molecular formula is C15H29N3. The highest BCUT2D eigenvalue weighted by atomic mass is 15.1. The van der Waals surface area contributed by atoms with Crippen LogP contribution in [-0.4, -0.2) is 36.6 Å². The summed E-state index contributed by atoms with van der Waals surface area (Å²) in [5.74, 6) is 0.518. The maximum atomic E-state index is 9.58. The molecule has 1 aliphatic carbocycles. The van der Waals surface area contributed by atoms with Crippen LogP contribution in [0.25, 0.3) is 0 Å². The van der Waals surface area contributed by atoms with Crippen molar-refractivity contribution < 1.29 is 0 Å². The molecule has 1 rings (SSSR count). The monoisotopic (exact) mass is 251 g/mol. The summed E-state index contributed by atoms with van der Waals surface area (Å²) in [5.41, 5.74) is -0.263. The molecule has 2 atom stereocenters. The van der Waals surface area contributed by atoms with E-state index >= 15 is 0 Å². The van der Waals surface area contributed by atoms with E-state index in [9.17, 15) is 5.26 Å². The molecule has 0 saturated heterocycles. The fourth-order valence-electron chi connectivity index (χ4n) is 3.22. The Bertz CT molecular complexity index is 282. The lowest BCUT2D eigenvalue weighted by Crippen LogP contribution is -2.50. The molecule has 0 spiro atoms. The van der Waals surface area contributed by atoms with Gasteiger partial charge in [0, 0.05) is 6.04 Å². The van der Waals surface area contributed by atoms with Crippen molar-refractivity contribution in [2.24, 2.45) is 5.92 Å². The highest BCUT2D eigenvalue weighted by Crippen LogP contribution is 2.38. The minimum absolute atomic E-state index is 0.263. The van der Waals surface area contributed by atoms with Crippen LogP contribution in [-0.2, 0) is 0 Å². The van der Waals surface area contributed by atoms with Gasteiger partial charge in [0.25, 0.3) is 0 Å². The first-order valence-electron chi connectivity index (χ1n) is 7.41. The highest BCUT2D eigenvalue weighted by Gasteiger charge is 2.43. The van der Waals surface area contributed by atoms with Crippen molar-refractivity contribution in [2.75, 3.05) is 20.1 Å². The van der Waals surface area contributed by atoms with Gasteiger partial charge in [0.2, 0.25) is 0 Å². The van der Waals surface area contributed by atoms with Crippen molar-refractivity contribution in [3.05, 3.63) is 0 Å². The van der Waals surface area contributed by atoms with Gasteiger partial charge >= 0.3 is 0 Å². The second kappa shape index (κ2) is 7.11. The Labute approximate surface area is 113 Å². The van der Waals surface area contributed by atoms with Gasteiger partial charge < -0.3 is 4.90 Å². The van der Waals surface area contributed by atoms with E-state index < -0.39 is 0 Å². The zero-order valence-electron chi connectivity index (χ0n) is 12.5. The molecule has 1 fully saturated rings. The Hall–Kier alpha value is -0.590. The van der Waals surface area contributed by atoms with Crippen LogP contribution in [0.2, 0.25) is 0 Å². The average Bonchev–Trinajstić information content (AvgIpc) is 2.69. The zero-order chi connectivity index (χ0) is 13.6. The molecule has 0 amide bonds. The van der Waals surface area contributed by atoms with Crippen molar-refractivity contribution in [3.63, 3.8) is 0 Å². The SMILES string of the molecule is CCCN(C)CCC1CCCC1(C#N)NC(C)C. The van der Waals surface area contributed by atoms with Gasteiger partial charge in [0.15, 0.2) is 0 Å². The molecule has 18 heavy (non-hydrogen) atoms. The quantitative estimate of drug-likeness (QED) is 0.756. The lowest BCUT2D eigenvalue weighted by molar-refractivity contribution is 0.240. The van der Waals surface area contributed by atoms with E-state index in [1.165, 1.54) is 19.3 Å². The summed E-state index contributed by atoms with van der Waals surface area (Å²) >= 11 is 0. The Morgan fingerprint density at radius 2 is 2.17 bits per heavy atom. The fraction of sp³-hybridized carbons (Fsp3) is 0.933. The molecule has 0 aliphatic heterocycles. The van der Waals surface area contributed by atoms with Crippen LogP contribution in [0, 0.1) is 17.2 Å². The molecule has 104 valence electrons. The highest BCUT2D eigenvalue weighted by molar-refractivity contribution is 5.14. The second-order valence-electron chi connectivity index (χ2n) is 6.06. The van der Waals surface area contributed by atoms with E-state index in [4.69, 9.17) is 0 Å². The second-order valence-corrected chi connectivity index (χ2v) is 6.06. The van der Waals surface area contributed by atoms with Crippen LogP contribution in [0.5, 0.6) is 0 Å². The van der Waals surface area contributed by atoms with E-state index in [0.29, 0.717) is 12.0 Å². The van der Waals surface area contributed by atoms with E-state index in [1.54, 1.807) is 0 Å². The van der Waals surface area contributed by atoms with E-state index in [0.717, 1.165) is 25.9 Å². The number of nitriles is 1. The summed E-state index contributed by atoms with van der Waals surface area (Å²) in [7, 11) is 2.18. The first-order chi connectivity index (χ1) is 8.54. The molecule has 0 radical (unpaired) electrons. The van der Waals surface area contributed by atoms with Crippen molar-refractivity contribution in [1.29, 1.82) is 5.26 Å². The van der Waals surface area contributed by atoms with Crippen molar-refractivity contribution in [3.8, 4) is 6.07 Å². The summed E-state index contributed by atoms with van der Waals surface area (Å²) in [6.45, 7) is 8.76. The third-order valence-electron chi connectivity index (χ3n) is 4.03. The number of rotatable bonds is 7. The molecule has 1 saturated carbocycles. The topological polar surface area (TPSA) is 39.1 Å². The van der Waals surface area contributed by atoms with Crippen LogP contribution in [0.3, 0.4) is 0 Å². The summed E-state index contributed by atoms with van der Waals surface area (Å²) in [6.07, 6.45) is 5.76. The average molecular weight is 251 g/mol. The molecular weight excluding hydrogens is 222 g/mol. The van der Waals surface area contributed by atoms with E-state index in [-0.39, 0.29) is 5.54 Å². The maximum Gasteiger partial charge on any atom is 0.109 e. The van der Waals surface area contributed by atoms with Gasteiger partial charge in [0.05, 0.1) is 6.07 Å². The Morgan fingerprint density at radius 1 is 1.44 bits per heavy atom. The van der Waals surface area contributed by atoms with Gasteiger partial charge in [0.1, 0.15) is 5.54 Å². The predicted octanol–water partition coefficient (Wildman–Crippen LogP) is 2.78. The summed E-state index contributed by atoms with van der Waals surface area (Å²) in [6, 6.07) is 2.97. The van der Waals surface area contributed by atoms with Gasteiger partial charge in [-0.15, -0.1) is 0 Å². The molecule has 1 N–H and O–H groups in total. The lowest BCUT2D eigenvalue weighted by atomic mass is 9.85. The van der Waals surface area contributed by atoms with Gasteiger partial charge in [-0.1, -0.05) is 13.3 Å². The van der Waals surface area contributed by atoms with Crippen LogP contribution >= 0.6 is 0 Å². The van der Waals surface area contributed by atoms with Crippen molar-refractivity contribution in [1.82, 2.24) is 10.2 Å². The minimum Gasteiger partial charge on any atom is -0.306 e. The normalized spacial score (nSPS) is 27.9. The Kier molecular flexibility index (Phi) is 6.11. The first-order valence-corrected chi connectivity index (χ1v) is 7.41. The maximum absolute atomic E-state index is 9.58. The van der Waals surface area contributed by atoms with Crippen LogP contribution in [0.1, 0.15) is 52.9 Å². The van der Waals surface area contributed by atoms with Crippen LogP contribution < -0.4 is 5.32 Å². The van der Waals surface area contributed by atoms with Gasteiger partial charge in [-0.25, -0.2) is 0 Å². The minimum atomic E-state index is -0.263. The largest absolute Gasteiger partial charge is 0.306 e. The third-order valence-corrected chi connectivity index (χ3v) is 4.03. The summed E-state index contributed by atoms with van der Waals surface area (Å²) in [5, 5.41) is 13.1. The lowest BCUT2D eigenvalue weighted by Gasteiger charge is -2.33. The zero-order valence-corrected chi connectivity index (χ0v) is 12.5.